The minimum Gasteiger partial charge on any atom is -0.398 e. The van der Waals surface area contributed by atoms with Crippen LogP contribution in [0.4, 0.5) is 10.1 Å². The lowest BCUT2D eigenvalue weighted by Gasteiger charge is -2.03. The molecular weight excluding hydrogens is 260 g/mol. The monoisotopic (exact) mass is 265 g/mol. The summed E-state index contributed by atoms with van der Waals surface area (Å²) in [5.74, 6) is -0.843. The molecule has 0 aromatic heterocycles. The molecule has 13 heavy (non-hydrogen) atoms. The number of carbonyl (C=O) groups is 1. The van der Waals surface area contributed by atoms with E-state index in [0.717, 1.165) is 6.07 Å². The second kappa shape index (κ2) is 4.07. The largest absolute Gasteiger partial charge is 0.398 e. The predicted molar refractivity (Wildman–Crippen MR) is 53.9 cm³/mol. The Bertz CT molecular complexity index is 356. The van der Waals surface area contributed by atoms with Crippen LogP contribution in [0.15, 0.2) is 12.1 Å². The number of rotatable bonds is 2. The predicted octanol–water partition coefficient (Wildman–Crippen LogP) is 2.64. The first-order valence-electron chi connectivity index (χ1n) is 3.40. The molecule has 0 bridgehead atoms. The van der Waals surface area contributed by atoms with Gasteiger partial charge in [-0.2, -0.15) is 0 Å². The van der Waals surface area contributed by atoms with Crippen LogP contribution in [-0.4, -0.2) is 11.1 Å². The molecule has 0 aliphatic carbocycles. The van der Waals surface area contributed by atoms with Gasteiger partial charge in [0.2, 0.25) is 0 Å². The van der Waals surface area contributed by atoms with Gasteiger partial charge in [0.25, 0.3) is 0 Å². The van der Waals surface area contributed by atoms with Crippen LogP contribution in [0.3, 0.4) is 0 Å². The number of nitrogen functional groups attached to an aromatic ring is 1. The van der Waals surface area contributed by atoms with Gasteiger partial charge in [-0.1, -0.05) is 27.5 Å². The van der Waals surface area contributed by atoms with Crippen molar-refractivity contribution in [1.29, 1.82) is 0 Å². The summed E-state index contributed by atoms with van der Waals surface area (Å²) in [5.41, 5.74) is 5.77. The van der Waals surface area contributed by atoms with Crippen molar-refractivity contribution in [2.75, 3.05) is 11.1 Å². The van der Waals surface area contributed by atoms with E-state index in [9.17, 15) is 9.18 Å². The van der Waals surface area contributed by atoms with Crippen molar-refractivity contribution in [1.82, 2.24) is 0 Å². The molecule has 0 amide bonds. The van der Waals surface area contributed by atoms with Crippen molar-refractivity contribution in [2.24, 2.45) is 0 Å². The molecule has 5 heteroatoms. The molecule has 0 aliphatic rings. The Morgan fingerprint density at radius 1 is 1.62 bits per heavy atom. The van der Waals surface area contributed by atoms with Crippen molar-refractivity contribution >= 4 is 39.0 Å². The van der Waals surface area contributed by atoms with E-state index in [1.165, 1.54) is 6.07 Å². The number of benzene rings is 1. The first-order valence-corrected chi connectivity index (χ1v) is 4.90. The smallest absolute Gasteiger partial charge is 0.175 e. The second-order valence-corrected chi connectivity index (χ2v) is 3.38. The van der Waals surface area contributed by atoms with E-state index in [-0.39, 0.29) is 27.4 Å². The Hall–Kier alpha value is -0.610. The van der Waals surface area contributed by atoms with E-state index in [0.29, 0.717) is 0 Å². The van der Waals surface area contributed by atoms with Gasteiger partial charge < -0.3 is 5.73 Å². The Balaban J connectivity index is 3.23. The molecule has 0 atom stereocenters. The molecule has 0 aliphatic heterocycles. The van der Waals surface area contributed by atoms with E-state index < -0.39 is 5.82 Å². The third kappa shape index (κ3) is 2.19. The Labute approximate surface area is 88.0 Å². The van der Waals surface area contributed by atoms with Crippen molar-refractivity contribution in [3.8, 4) is 0 Å². The van der Waals surface area contributed by atoms with E-state index in [2.05, 4.69) is 15.9 Å². The molecule has 2 nitrogen and oxygen atoms in total. The summed E-state index contributed by atoms with van der Waals surface area (Å²) in [6.07, 6.45) is 0. The zero-order chi connectivity index (χ0) is 10.0. The average Bonchev–Trinajstić information content (AvgIpc) is 2.10. The maximum atomic E-state index is 12.8. The van der Waals surface area contributed by atoms with E-state index >= 15 is 0 Å². The maximum absolute atomic E-state index is 12.8. The summed E-state index contributed by atoms with van der Waals surface area (Å²) < 4.78 is 12.8. The van der Waals surface area contributed by atoms with Gasteiger partial charge in [-0.15, -0.1) is 0 Å². The molecule has 0 saturated heterocycles. The zero-order valence-electron chi connectivity index (χ0n) is 6.48. The third-order valence-electron chi connectivity index (χ3n) is 1.51. The number of alkyl halides is 1. The number of anilines is 1. The van der Waals surface area contributed by atoms with Gasteiger partial charge in [-0.3, -0.25) is 4.79 Å². The molecule has 1 aromatic rings. The number of nitrogens with two attached hydrogens (primary N) is 1. The second-order valence-electron chi connectivity index (χ2n) is 2.41. The number of carbonyl (C=O) groups excluding carboxylic acids is 1. The van der Waals surface area contributed by atoms with Crippen molar-refractivity contribution in [3.63, 3.8) is 0 Å². The number of ketones is 1. The highest BCUT2D eigenvalue weighted by molar-refractivity contribution is 9.09. The maximum Gasteiger partial charge on any atom is 0.175 e. The number of hydrogen-bond acceptors (Lipinski definition) is 2. The Morgan fingerprint density at radius 2 is 2.23 bits per heavy atom. The SMILES string of the molecule is Nc1cc(F)c(Cl)cc1C(=O)CBr. The molecular formula is C8H6BrClFNO. The lowest BCUT2D eigenvalue weighted by atomic mass is 10.1. The number of halogens is 3. The number of Topliss-reactive ketones (excluding diaryl/α,β-unsaturated/α-hetero) is 1. The highest BCUT2D eigenvalue weighted by Crippen LogP contribution is 2.22. The lowest BCUT2D eigenvalue weighted by Crippen LogP contribution is -2.05. The lowest BCUT2D eigenvalue weighted by molar-refractivity contribution is 0.102. The number of hydrogen-bond donors (Lipinski definition) is 1. The summed E-state index contributed by atoms with van der Waals surface area (Å²) in [6, 6.07) is 2.27. The van der Waals surface area contributed by atoms with Crippen molar-refractivity contribution < 1.29 is 9.18 Å². The zero-order valence-corrected chi connectivity index (χ0v) is 8.82. The summed E-state index contributed by atoms with van der Waals surface area (Å²) in [6.45, 7) is 0. The standard InChI is InChI=1S/C8H6BrClFNO/c9-3-8(13)4-1-5(10)6(11)2-7(4)12/h1-2H,3,12H2. The van der Waals surface area contributed by atoms with Crippen molar-refractivity contribution in [2.45, 2.75) is 0 Å². The van der Waals surface area contributed by atoms with E-state index in [4.69, 9.17) is 17.3 Å². The quantitative estimate of drug-likeness (QED) is 0.508. The fourth-order valence-electron chi connectivity index (χ4n) is 0.876. The van der Waals surface area contributed by atoms with E-state index in [1.54, 1.807) is 0 Å². The molecule has 0 radical (unpaired) electrons. The van der Waals surface area contributed by atoms with E-state index in [1.807, 2.05) is 0 Å². The normalized spacial score (nSPS) is 10.1. The molecule has 1 aromatic carbocycles. The van der Waals surface area contributed by atoms with Crippen LogP contribution >= 0.6 is 27.5 Å². The molecule has 0 saturated carbocycles. The summed E-state index contributed by atoms with van der Waals surface area (Å²) in [5, 5.41) is 0.0394. The Morgan fingerprint density at radius 3 is 2.77 bits per heavy atom. The Kier molecular flexibility index (Phi) is 3.27. The molecule has 0 heterocycles. The van der Waals surface area contributed by atoms with Crippen LogP contribution in [-0.2, 0) is 0 Å². The molecule has 2 N–H and O–H groups in total. The van der Waals surface area contributed by atoms with Gasteiger partial charge in [-0.25, -0.2) is 4.39 Å². The minimum atomic E-state index is -0.620. The van der Waals surface area contributed by atoms with Crippen LogP contribution in [0, 0.1) is 5.82 Å². The van der Waals surface area contributed by atoms with Gasteiger partial charge in [-0.05, 0) is 12.1 Å². The fraction of sp³-hybridized carbons (Fsp3) is 0.125. The first-order chi connectivity index (χ1) is 6.06. The van der Waals surface area contributed by atoms with Crippen LogP contribution in [0.25, 0.3) is 0 Å². The molecule has 0 unspecified atom stereocenters. The summed E-state index contributed by atoms with van der Waals surface area (Å²) >= 11 is 8.48. The molecule has 1 rings (SSSR count). The van der Waals surface area contributed by atoms with Crippen LogP contribution < -0.4 is 5.73 Å². The highest BCUT2D eigenvalue weighted by atomic mass is 79.9. The topological polar surface area (TPSA) is 43.1 Å². The molecule has 0 fully saturated rings. The summed E-state index contributed by atoms with van der Waals surface area (Å²) in [7, 11) is 0. The van der Waals surface area contributed by atoms with Gasteiger partial charge in [0, 0.05) is 11.3 Å². The third-order valence-corrected chi connectivity index (χ3v) is 2.31. The van der Waals surface area contributed by atoms with Crippen molar-refractivity contribution in [3.05, 3.63) is 28.5 Å². The molecule has 0 spiro atoms. The van der Waals surface area contributed by atoms with Crippen LogP contribution in [0.2, 0.25) is 5.02 Å². The van der Waals surface area contributed by atoms with Gasteiger partial charge in [0.1, 0.15) is 5.82 Å². The van der Waals surface area contributed by atoms with Gasteiger partial charge in [0.15, 0.2) is 5.78 Å². The average molecular weight is 266 g/mol. The highest BCUT2D eigenvalue weighted by Gasteiger charge is 2.11. The first kappa shape index (κ1) is 10.5. The molecule has 70 valence electrons. The fourth-order valence-corrected chi connectivity index (χ4v) is 1.34. The van der Waals surface area contributed by atoms with Crippen LogP contribution in [0.1, 0.15) is 10.4 Å². The van der Waals surface area contributed by atoms with Gasteiger partial charge >= 0.3 is 0 Å². The minimum absolute atomic E-state index is 0.0986. The van der Waals surface area contributed by atoms with Crippen LogP contribution in [0.5, 0.6) is 0 Å². The van der Waals surface area contributed by atoms with Gasteiger partial charge in [0.05, 0.1) is 10.4 Å². The summed E-state index contributed by atoms with van der Waals surface area (Å²) in [4.78, 5) is 11.2.